The zero-order valence-corrected chi connectivity index (χ0v) is 34.1. The van der Waals surface area contributed by atoms with Crippen LogP contribution in [0.25, 0.3) is 83.1 Å². The van der Waals surface area contributed by atoms with Crippen molar-refractivity contribution in [1.82, 2.24) is 4.57 Å². The van der Waals surface area contributed by atoms with Crippen molar-refractivity contribution in [3.05, 3.63) is 255 Å². The Morgan fingerprint density at radius 3 is 1.08 bits per heavy atom. The Balaban J connectivity index is 1.04. The average Bonchev–Trinajstić information content (AvgIpc) is 3.69. The van der Waals surface area contributed by atoms with Gasteiger partial charge in [0, 0.05) is 39.1 Å². The van der Waals surface area contributed by atoms with Crippen molar-refractivity contribution in [2.45, 2.75) is 0 Å². The summed E-state index contributed by atoms with van der Waals surface area (Å²) in [5, 5.41) is 2.45. The van der Waals surface area contributed by atoms with E-state index >= 15 is 0 Å². The van der Waals surface area contributed by atoms with Gasteiger partial charge in [-0.3, -0.25) is 0 Å². The van der Waals surface area contributed by atoms with E-state index in [0.717, 1.165) is 28.3 Å². The molecule has 0 fully saturated rings. The smallest absolute Gasteiger partial charge is 0.0619 e. The second-order valence-electron chi connectivity index (χ2n) is 15.8. The summed E-state index contributed by atoms with van der Waals surface area (Å²) >= 11 is 0. The standard InChI is InChI=1S/C60H42N2/c1-6-16-43(17-7-1)46-26-33-53(34-27-46)61(54-35-28-47(29-36-54)44-18-8-2-9-19-44)55-37-30-48(31-38-55)50-32-39-59-57(40-50)58-42-51(45-20-10-3-11-21-45)41-56(49-22-12-4-13-23-49)60(58)62(59)52-24-14-5-15-25-52/h1-42H. The molecule has 1 heterocycles. The van der Waals surface area contributed by atoms with E-state index in [2.05, 4.69) is 264 Å². The van der Waals surface area contributed by atoms with Crippen LogP contribution in [0.3, 0.4) is 0 Å². The first-order valence-electron chi connectivity index (χ1n) is 21.3. The number of aromatic nitrogens is 1. The van der Waals surface area contributed by atoms with E-state index in [0.29, 0.717) is 0 Å². The second kappa shape index (κ2) is 16.1. The summed E-state index contributed by atoms with van der Waals surface area (Å²) in [6.07, 6.45) is 0. The predicted molar refractivity (Wildman–Crippen MR) is 263 cm³/mol. The SMILES string of the molecule is c1ccc(-c2ccc(N(c3ccc(-c4ccccc4)cc3)c3ccc(-c4ccc5c(c4)c4cc(-c6ccccc6)cc(-c6ccccc6)c4n5-c4ccccc4)cc3)cc2)cc1. The zero-order valence-electron chi connectivity index (χ0n) is 34.1. The molecule has 2 nitrogen and oxygen atoms in total. The molecule has 0 aliphatic heterocycles. The number of hydrogen-bond acceptors (Lipinski definition) is 1. The monoisotopic (exact) mass is 790 g/mol. The van der Waals surface area contributed by atoms with Gasteiger partial charge in [0.1, 0.15) is 0 Å². The Hall–Kier alpha value is -8.20. The lowest BCUT2D eigenvalue weighted by atomic mass is 9.95. The fraction of sp³-hybridized carbons (Fsp3) is 0. The minimum atomic E-state index is 1.09. The summed E-state index contributed by atoms with van der Waals surface area (Å²) in [5.74, 6) is 0. The Bertz CT molecular complexity index is 3180. The predicted octanol–water partition coefficient (Wildman–Crippen LogP) is 16.6. The van der Waals surface area contributed by atoms with Crippen LogP contribution < -0.4 is 4.90 Å². The molecule has 292 valence electrons. The number of fused-ring (bicyclic) bond motifs is 3. The van der Waals surface area contributed by atoms with Crippen LogP contribution >= 0.6 is 0 Å². The van der Waals surface area contributed by atoms with Crippen molar-refractivity contribution < 1.29 is 0 Å². The van der Waals surface area contributed by atoms with Gasteiger partial charge in [-0.05, 0) is 123 Å². The minimum absolute atomic E-state index is 1.09. The molecule has 11 aromatic rings. The van der Waals surface area contributed by atoms with Gasteiger partial charge in [-0.2, -0.15) is 0 Å². The molecule has 0 saturated carbocycles. The molecule has 0 saturated heterocycles. The topological polar surface area (TPSA) is 8.17 Å². The third kappa shape index (κ3) is 6.94. The maximum Gasteiger partial charge on any atom is 0.0619 e. The third-order valence-electron chi connectivity index (χ3n) is 12.0. The van der Waals surface area contributed by atoms with Crippen molar-refractivity contribution in [3.8, 4) is 61.3 Å². The van der Waals surface area contributed by atoms with Gasteiger partial charge < -0.3 is 9.47 Å². The lowest BCUT2D eigenvalue weighted by Crippen LogP contribution is -2.09. The largest absolute Gasteiger partial charge is 0.311 e. The van der Waals surface area contributed by atoms with Crippen LogP contribution in [0.15, 0.2) is 255 Å². The highest BCUT2D eigenvalue weighted by Gasteiger charge is 2.20. The normalized spacial score (nSPS) is 11.2. The molecule has 0 radical (unpaired) electrons. The summed E-state index contributed by atoms with van der Waals surface area (Å²) in [4.78, 5) is 2.35. The Kier molecular flexibility index (Phi) is 9.57. The molecule has 0 spiro atoms. The van der Waals surface area contributed by atoms with Gasteiger partial charge in [0.15, 0.2) is 0 Å². The number of anilines is 3. The van der Waals surface area contributed by atoms with Gasteiger partial charge >= 0.3 is 0 Å². The molecule has 0 aliphatic carbocycles. The summed E-state index contributed by atoms with van der Waals surface area (Å²) < 4.78 is 2.44. The van der Waals surface area contributed by atoms with E-state index in [9.17, 15) is 0 Å². The fourth-order valence-electron chi connectivity index (χ4n) is 8.93. The van der Waals surface area contributed by atoms with Crippen molar-refractivity contribution >= 4 is 38.9 Å². The lowest BCUT2D eigenvalue weighted by Gasteiger charge is -2.26. The van der Waals surface area contributed by atoms with E-state index in [1.165, 1.54) is 71.9 Å². The molecule has 0 N–H and O–H groups in total. The van der Waals surface area contributed by atoms with Gasteiger partial charge in [-0.25, -0.2) is 0 Å². The molecule has 62 heavy (non-hydrogen) atoms. The van der Waals surface area contributed by atoms with Crippen LogP contribution in [-0.4, -0.2) is 4.57 Å². The molecular weight excluding hydrogens is 749 g/mol. The van der Waals surface area contributed by atoms with Crippen molar-refractivity contribution in [2.75, 3.05) is 4.90 Å². The van der Waals surface area contributed by atoms with E-state index < -0.39 is 0 Å². The quantitative estimate of drug-likeness (QED) is 0.141. The van der Waals surface area contributed by atoms with Crippen LogP contribution in [0.1, 0.15) is 0 Å². The van der Waals surface area contributed by atoms with Gasteiger partial charge in [0.05, 0.1) is 11.0 Å². The van der Waals surface area contributed by atoms with Crippen LogP contribution in [0.2, 0.25) is 0 Å². The first-order chi connectivity index (χ1) is 30.7. The van der Waals surface area contributed by atoms with Crippen LogP contribution in [0.5, 0.6) is 0 Å². The maximum absolute atomic E-state index is 2.44. The number of hydrogen-bond donors (Lipinski definition) is 0. The van der Waals surface area contributed by atoms with Crippen LogP contribution in [0, 0.1) is 0 Å². The minimum Gasteiger partial charge on any atom is -0.311 e. The third-order valence-corrected chi connectivity index (χ3v) is 12.0. The lowest BCUT2D eigenvalue weighted by molar-refractivity contribution is 1.18. The second-order valence-corrected chi connectivity index (χ2v) is 15.8. The zero-order chi connectivity index (χ0) is 41.2. The van der Waals surface area contributed by atoms with Gasteiger partial charge in [-0.15, -0.1) is 0 Å². The van der Waals surface area contributed by atoms with E-state index in [-0.39, 0.29) is 0 Å². The Labute approximate surface area is 362 Å². The Morgan fingerprint density at radius 2 is 0.613 bits per heavy atom. The number of para-hydroxylation sites is 1. The first kappa shape index (κ1) is 36.8. The molecule has 10 aromatic carbocycles. The molecule has 1 aromatic heterocycles. The number of rotatable bonds is 9. The van der Waals surface area contributed by atoms with Gasteiger partial charge in [-0.1, -0.05) is 182 Å². The highest BCUT2D eigenvalue weighted by atomic mass is 15.1. The summed E-state index contributed by atoms with van der Waals surface area (Å²) in [7, 11) is 0. The molecule has 0 amide bonds. The average molecular weight is 791 g/mol. The molecule has 0 bridgehead atoms. The fourth-order valence-corrected chi connectivity index (χ4v) is 8.93. The number of benzene rings is 10. The van der Waals surface area contributed by atoms with Crippen LogP contribution in [-0.2, 0) is 0 Å². The van der Waals surface area contributed by atoms with Gasteiger partial charge in [0.25, 0.3) is 0 Å². The molecule has 2 heteroatoms. The summed E-state index contributed by atoms with van der Waals surface area (Å²) in [5.41, 5.74) is 18.8. The molecule has 0 aliphatic rings. The molecule has 11 rings (SSSR count). The molecule has 0 unspecified atom stereocenters. The molecular formula is C60H42N2. The van der Waals surface area contributed by atoms with Crippen molar-refractivity contribution in [2.24, 2.45) is 0 Å². The molecule has 0 atom stereocenters. The van der Waals surface area contributed by atoms with Crippen molar-refractivity contribution in [3.63, 3.8) is 0 Å². The van der Waals surface area contributed by atoms with E-state index in [1.54, 1.807) is 0 Å². The van der Waals surface area contributed by atoms with Crippen LogP contribution in [0.4, 0.5) is 17.1 Å². The Morgan fingerprint density at radius 1 is 0.258 bits per heavy atom. The summed E-state index contributed by atoms with van der Waals surface area (Å²) in [6, 6.07) is 92.0. The maximum atomic E-state index is 2.44. The highest BCUT2D eigenvalue weighted by Crippen LogP contribution is 2.43. The van der Waals surface area contributed by atoms with Gasteiger partial charge in [0.2, 0.25) is 0 Å². The first-order valence-corrected chi connectivity index (χ1v) is 21.3. The summed E-state index contributed by atoms with van der Waals surface area (Å²) in [6.45, 7) is 0. The highest BCUT2D eigenvalue weighted by molar-refractivity contribution is 6.16. The van der Waals surface area contributed by atoms with E-state index in [4.69, 9.17) is 0 Å². The van der Waals surface area contributed by atoms with Crippen molar-refractivity contribution in [1.29, 1.82) is 0 Å². The van der Waals surface area contributed by atoms with E-state index in [1.807, 2.05) is 0 Å². The number of nitrogens with zero attached hydrogens (tertiary/aromatic N) is 2.